The first kappa shape index (κ1) is 16.7. The molecule has 0 spiro atoms. The van der Waals surface area contributed by atoms with Gasteiger partial charge in [-0.15, -0.1) is 0 Å². The predicted octanol–water partition coefficient (Wildman–Crippen LogP) is 4.52. The zero-order valence-corrected chi connectivity index (χ0v) is 20.0. The van der Waals surface area contributed by atoms with E-state index in [0.717, 1.165) is 0 Å². The van der Waals surface area contributed by atoms with Gasteiger partial charge in [0.15, 0.2) is 0 Å². The van der Waals surface area contributed by atoms with E-state index in [1.165, 1.54) is 30.7 Å². The van der Waals surface area contributed by atoms with Crippen LogP contribution in [0.1, 0.15) is 12.5 Å². The fourth-order valence-corrected chi connectivity index (χ4v) is 8.55. The van der Waals surface area contributed by atoms with Crippen LogP contribution in [0.5, 0.6) is 0 Å². The van der Waals surface area contributed by atoms with E-state index in [1.54, 1.807) is 9.14 Å². The van der Waals surface area contributed by atoms with Gasteiger partial charge < -0.3 is 0 Å². The van der Waals surface area contributed by atoms with E-state index in [2.05, 4.69) is 69.8 Å². The van der Waals surface area contributed by atoms with E-state index in [4.69, 9.17) is 0 Å². The van der Waals surface area contributed by atoms with Crippen LogP contribution in [0.2, 0.25) is 19.3 Å². The molecule has 0 atom stereocenters. The maximum absolute atomic E-state index is 2.49. The Balaban J connectivity index is 2.19. The van der Waals surface area contributed by atoms with Gasteiger partial charge >= 0.3 is 149 Å². The summed E-state index contributed by atoms with van der Waals surface area (Å²) in [4.78, 5) is 7.48. The molecule has 1 aromatic heterocycles. The molecule has 0 N–H and O–H groups in total. The monoisotopic (exact) mass is 507 g/mol. The van der Waals surface area contributed by atoms with Crippen LogP contribution in [-0.2, 0) is 11.5 Å². The van der Waals surface area contributed by atoms with Gasteiger partial charge in [0.2, 0.25) is 0 Å². The fraction of sp³-hybridized carbons (Fsp3) is 0.368. The first-order chi connectivity index (χ1) is 10.4. The third kappa shape index (κ3) is 3.08. The van der Waals surface area contributed by atoms with Gasteiger partial charge in [0.1, 0.15) is 0 Å². The molecule has 1 heterocycles. The third-order valence-corrected chi connectivity index (χ3v) is 13.7. The van der Waals surface area contributed by atoms with Gasteiger partial charge in [0.25, 0.3) is 0 Å². The van der Waals surface area contributed by atoms with Crippen LogP contribution in [0.25, 0.3) is 21.8 Å². The van der Waals surface area contributed by atoms with Crippen LogP contribution in [0.4, 0.5) is 0 Å². The van der Waals surface area contributed by atoms with Crippen molar-refractivity contribution in [3.05, 3.63) is 42.0 Å². The number of aromatic nitrogens is 1. The van der Waals surface area contributed by atoms with Crippen LogP contribution < -0.4 is 3.58 Å². The Bertz CT molecular complexity index is 825. The summed E-state index contributed by atoms with van der Waals surface area (Å²) in [6, 6.07) is 14.4. The van der Waals surface area contributed by atoms with Crippen molar-refractivity contribution in [2.24, 2.45) is 7.05 Å². The minimum absolute atomic E-state index is 0.176. The van der Waals surface area contributed by atoms with Crippen LogP contribution in [0, 0.1) is 0 Å². The number of aryl methyl sites for hydroxylation is 1. The molecule has 0 saturated carbocycles. The van der Waals surface area contributed by atoms with Crippen LogP contribution >= 0.6 is 0 Å². The summed E-state index contributed by atoms with van der Waals surface area (Å²) in [5, 5.41) is 2.83. The summed E-state index contributed by atoms with van der Waals surface area (Å²) in [5.74, 6) is 0. The SMILES string of the molecule is C[CH2][Sn][CH2]c1ccc2c3cc[c]([Sn]([CH3])([CH3])[CH3])cc3n(C)c2c1. The molecule has 0 fully saturated rings. The summed E-state index contributed by atoms with van der Waals surface area (Å²) in [7, 11) is 2.23. The van der Waals surface area contributed by atoms with E-state index in [0.29, 0.717) is 0 Å². The topological polar surface area (TPSA) is 4.93 Å². The summed E-state index contributed by atoms with van der Waals surface area (Å²) >= 11 is -2.18. The van der Waals surface area contributed by atoms with Gasteiger partial charge in [-0.05, 0) is 0 Å². The summed E-state index contributed by atoms with van der Waals surface area (Å²) in [6.07, 6.45) is 0. The van der Waals surface area contributed by atoms with Gasteiger partial charge in [0.05, 0.1) is 0 Å². The van der Waals surface area contributed by atoms with Gasteiger partial charge in [0, 0.05) is 0 Å². The van der Waals surface area contributed by atoms with Crippen LogP contribution in [0.3, 0.4) is 0 Å². The first-order valence-electron chi connectivity index (χ1n) is 8.14. The third-order valence-electron chi connectivity index (χ3n) is 4.52. The van der Waals surface area contributed by atoms with E-state index < -0.39 is 18.4 Å². The molecule has 0 aliphatic carbocycles. The van der Waals surface area contributed by atoms with Crippen molar-refractivity contribution in [3.8, 4) is 0 Å². The second-order valence-corrected chi connectivity index (χ2v) is 26.1. The molecule has 0 bridgehead atoms. The number of benzene rings is 2. The molecule has 2 aromatic carbocycles. The Morgan fingerprint density at radius 1 is 0.955 bits per heavy atom. The van der Waals surface area contributed by atoms with Crippen LogP contribution in [0.15, 0.2) is 36.4 Å². The molecule has 3 heteroatoms. The number of hydrogen-bond donors (Lipinski definition) is 0. The Labute approximate surface area is 148 Å². The molecule has 2 radical (unpaired) electrons. The molecule has 0 saturated heterocycles. The number of rotatable bonds is 4. The van der Waals surface area contributed by atoms with Crippen molar-refractivity contribution >= 4 is 64.9 Å². The van der Waals surface area contributed by atoms with Gasteiger partial charge in [-0.3, -0.25) is 0 Å². The van der Waals surface area contributed by atoms with Crippen molar-refractivity contribution in [1.82, 2.24) is 4.57 Å². The standard InChI is InChI=1S/C14H11N.C2H5.3CH3.2Sn/c1-10-7-8-12-11-5-3-4-6-13(11)15(2)14(12)9-10;1-2;;;;;/h3,5-9H,1H2,2H3;1H2,2H3;3*1H3;;. The number of nitrogens with zero attached hydrogens (tertiary/aromatic N) is 1. The molecular formula is C19H25NSn2. The van der Waals surface area contributed by atoms with E-state index in [-0.39, 0.29) is 21.1 Å². The van der Waals surface area contributed by atoms with Crippen molar-refractivity contribution in [2.75, 3.05) is 0 Å². The van der Waals surface area contributed by atoms with E-state index in [9.17, 15) is 0 Å². The number of hydrogen-bond acceptors (Lipinski definition) is 0. The molecule has 0 amide bonds. The molecule has 114 valence electrons. The van der Waals surface area contributed by atoms with Gasteiger partial charge in [-0.25, -0.2) is 0 Å². The molecule has 0 aliphatic heterocycles. The molecule has 0 unspecified atom stereocenters. The van der Waals surface area contributed by atoms with E-state index in [1.807, 2.05) is 0 Å². The average molecular weight is 505 g/mol. The molecule has 3 aromatic rings. The van der Waals surface area contributed by atoms with Crippen molar-refractivity contribution in [2.45, 2.75) is 30.6 Å². The van der Waals surface area contributed by atoms with E-state index >= 15 is 0 Å². The Kier molecular flexibility index (Phi) is 4.84. The van der Waals surface area contributed by atoms with Gasteiger partial charge in [-0.2, -0.15) is 0 Å². The predicted molar refractivity (Wildman–Crippen MR) is 103 cm³/mol. The van der Waals surface area contributed by atoms with Crippen LogP contribution in [-0.4, -0.2) is 44.1 Å². The fourth-order valence-electron chi connectivity index (χ4n) is 3.09. The molecular weight excluding hydrogens is 480 g/mol. The summed E-state index contributed by atoms with van der Waals surface area (Å²) in [5.41, 5.74) is 4.36. The Morgan fingerprint density at radius 3 is 2.23 bits per heavy atom. The van der Waals surface area contributed by atoms with Crippen molar-refractivity contribution in [1.29, 1.82) is 0 Å². The minimum atomic E-state index is -2.00. The summed E-state index contributed by atoms with van der Waals surface area (Å²) < 4.78 is 6.82. The quantitative estimate of drug-likeness (QED) is 0.461. The Hall–Kier alpha value is -0.163. The molecule has 22 heavy (non-hydrogen) atoms. The normalized spacial score (nSPS) is 12.4. The molecule has 3 rings (SSSR count). The van der Waals surface area contributed by atoms with Crippen molar-refractivity contribution < 1.29 is 0 Å². The van der Waals surface area contributed by atoms with Gasteiger partial charge in [-0.1, -0.05) is 0 Å². The number of fused-ring (bicyclic) bond motifs is 3. The first-order valence-corrected chi connectivity index (χ1v) is 22.2. The second kappa shape index (κ2) is 6.38. The zero-order valence-electron chi connectivity index (χ0n) is 14.3. The molecule has 1 nitrogen and oxygen atoms in total. The Morgan fingerprint density at radius 2 is 1.59 bits per heavy atom. The van der Waals surface area contributed by atoms with Crippen molar-refractivity contribution in [3.63, 3.8) is 0 Å². The average Bonchev–Trinajstić information content (AvgIpc) is 2.77. The second-order valence-electron chi connectivity index (χ2n) is 7.17. The summed E-state index contributed by atoms with van der Waals surface area (Å²) in [6.45, 7) is 2.33. The maximum atomic E-state index is 2.49. The molecule has 0 aliphatic rings. The zero-order chi connectivity index (χ0) is 15.9.